The summed E-state index contributed by atoms with van der Waals surface area (Å²) in [6.07, 6.45) is 3.06. The van der Waals surface area contributed by atoms with E-state index < -0.39 is 0 Å². The number of amides is 1. The van der Waals surface area contributed by atoms with Gasteiger partial charge in [-0.3, -0.25) is 4.79 Å². The Morgan fingerprint density at radius 2 is 2.23 bits per heavy atom. The number of rotatable bonds is 4. The number of ether oxygens (including phenoxy) is 1. The Morgan fingerprint density at radius 3 is 2.91 bits per heavy atom. The molecule has 3 heterocycles. The van der Waals surface area contributed by atoms with Crippen molar-refractivity contribution in [1.29, 1.82) is 0 Å². The highest BCUT2D eigenvalue weighted by Gasteiger charge is 2.21. The first kappa shape index (κ1) is 15.4. The average molecular weight is 319 g/mol. The molecule has 22 heavy (non-hydrogen) atoms. The molecule has 0 unspecified atom stereocenters. The van der Waals surface area contributed by atoms with Gasteiger partial charge in [0.1, 0.15) is 10.7 Å². The minimum absolute atomic E-state index is 0.0338. The van der Waals surface area contributed by atoms with Gasteiger partial charge in [0.25, 0.3) is 5.91 Å². The minimum Gasteiger partial charge on any atom is -0.376 e. The molecule has 1 N–H and O–H groups in total. The smallest absolute Gasteiger partial charge is 0.261 e. The van der Waals surface area contributed by atoms with E-state index in [0.717, 1.165) is 58.0 Å². The van der Waals surface area contributed by atoms with Crippen molar-refractivity contribution in [3.05, 3.63) is 22.0 Å². The van der Waals surface area contributed by atoms with E-state index in [1.807, 2.05) is 20.8 Å². The van der Waals surface area contributed by atoms with E-state index >= 15 is 0 Å². The van der Waals surface area contributed by atoms with Gasteiger partial charge in [0.15, 0.2) is 0 Å². The van der Waals surface area contributed by atoms with E-state index in [4.69, 9.17) is 4.74 Å². The molecule has 0 bridgehead atoms. The first-order valence-corrected chi connectivity index (χ1v) is 8.58. The summed E-state index contributed by atoms with van der Waals surface area (Å²) in [5.74, 6) is 0.797. The zero-order chi connectivity index (χ0) is 15.7. The van der Waals surface area contributed by atoms with E-state index in [0.29, 0.717) is 6.54 Å². The van der Waals surface area contributed by atoms with Crippen LogP contribution in [-0.4, -0.2) is 35.1 Å². The minimum atomic E-state index is -0.0338. The standard InChI is InChI=1S/C16H21N3O2S/c1-4-12-18-10(3)13-9(2)14(22-16(13)19-12)15(20)17-8-11-6-5-7-21-11/h11H,4-8H2,1-3H3,(H,17,20)/t11-/m1/s1. The largest absolute Gasteiger partial charge is 0.376 e. The van der Waals surface area contributed by atoms with Crippen LogP contribution in [0.3, 0.4) is 0 Å². The summed E-state index contributed by atoms with van der Waals surface area (Å²) in [5.41, 5.74) is 1.93. The summed E-state index contributed by atoms with van der Waals surface area (Å²) >= 11 is 1.45. The zero-order valence-electron chi connectivity index (χ0n) is 13.2. The molecule has 0 aliphatic carbocycles. The lowest BCUT2D eigenvalue weighted by atomic mass is 10.1. The van der Waals surface area contributed by atoms with Gasteiger partial charge in [0, 0.05) is 30.7 Å². The summed E-state index contributed by atoms with van der Waals surface area (Å²) in [4.78, 5) is 23.2. The number of thiophene rings is 1. The van der Waals surface area contributed by atoms with E-state index in [2.05, 4.69) is 15.3 Å². The highest BCUT2D eigenvalue weighted by Crippen LogP contribution is 2.31. The molecule has 1 atom stereocenters. The summed E-state index contributed by atoms with van der Waals surface area (Å²) < 4.78 is 5.54. The van der Waals surface area contributed by atoms with Gasteiger partial charge < -0.3 is 10.1 Å². The molecule has 0 radical (unpaired) electrons. The molecule has 1 saturated heterocycles. The number of fused-ring (bicyclic) bond motifs is 1. The third-order valence-corrected chi connectivity index (χ3v) is 5.24. The molecule has 118 valence electrons. The van der Waals surface area contributed by atoms with Crippen LogP contribution in [-0.2, 0) is 11.2 Å². The number of nitrogens with zero attached hydrogens (tertiary/aromatic N) is 2. The Labute approximate surface area is 134 Å². The van der Waals surface area contributed by atoms with Crippen molar-refractivity contribution in [3.63, 3.8) is 0 Å². The summed E-state index contributed by atoms with van der Waals surface area (Å²) in [5, 5.41) is 4.01. The number of hydrogen-bond acceptors (Lipinski definition) is 5. The second-order valence-electron chi connectivity index (χ2n) is 5.66. The van der Waals surface area contributed by atoms with Crippen LogP contribution in [0.5, 0.6) is 0 Å². The van der Waals surface area contributed by atoms with Gasteiger partial charge in [-0.25, -0.2) is 9.97 Å². The molecule has 6 heteroatoms. The number of carbonyl (C=O) groups excluding carboxylic acids is 1. The molecular weight excluding hydrogens is 298 g/mol. The lowest BCUT2D eigenvalue weighted by Gasteiger charge is -2.10. The van der Waals surface area contributed by atoms with Crippen LogP contribution in [0.25, 0.3) is 10.2 Å². The van der Waals surface area contributed by atoms with Gasteiger partial charge in [0.2, 0.25) is 0 Å². The van der Waals surface area contributed by atoms with Crippen molar-refractivity contribution in [2.24, 2.45) is 0 Å². The Hall–Kier alpha value is -1.53. The molecule has 2 aromatic rings. The van der Waals surface area contributed by atoms with Gasteiger partial charge in [-0.15, -0.1) is 11.3 Å². The fraction of sp³-hybridized carbons (Fsp3) is 0.562. The molecule has 5 nitrogen and oxygen atoms in total. The van der Waals surface area contributed by atoms with Crippen LogP contribution in [0.4, 0.5) is 0 Å². The van der Waals surface area contributed by atoms with Crippen molar-refractivity contribution in [2.75, 3.05) is 13.2 Å². The number of carbonyl (C=O) groups is 1. The second kappa shape index (κ2) is 6.30. The highest BCUT2D eigenvalue weighted by molar-refractivity contribution is 7.20. The van der Waals surface area contributed by atoms with Gasteiger partial charge >= 0.3 is 0 Å². The van der Waals surface area contributed by atoms with Crippen molar-refractivity contribution < 1.29 is 9.53 Å². The summed E-state index contributed by atoms with van der Waals surface area (Å²) in [6, 6.07) is 0. The first-order valence-electron chi connectivity index (χ1n) is 7.76. The summed E-state index contributed by atoms with van der Waals surface area (Å²) in [6.45, 7) is 7.38. The Kier molecular flexibility index (Phi) is 4.40. The summed E-state index contributed by atoms with van der Waals surface area (Å²) in [7, 11) is 0. The Morgan fingerprint density at radius 1 is 1.41 bits per heavy atom. The van der Waals surface area contributed by atoms with Crippen LogP contribution < -0.4 is 5.32 Å². The molecule has 1 amide bonds. The predicted octanol–water partition coefficient (Wildman–Crippen LogP) is 2.78. The lowest BCUT2D eigenvalue weighted by molar-refractivity contribution is 0.0860. The maximum absolute atomic E-state index is 12.5. The number of aryl methyl sites for hydroxylation is 3. The molecule has 1 fully saturated rings. The Bertz CT molecular complexity index is 705. The van der Waals surface area contributed by atoms with Gasteiger partial charge in [-0.05, 0) is 32.3 Å². The number of hydrogen-bond donors (Lipinski definition) is 1. The Balaban J connectivity index is 1.85. The predicted molar refractivity (Wildman–Crippen MR) is 87.6 cm³/mol. The molecule has 1 aliphatic rings. The van der Waals surface area contributed by atoms with Crippen LogP contribution in [0.1, 0.15) is 46.5 Å². The first-order chi connectivity index (χ1) is 10.6. The third-order valence-electron chi connectivity index (χ3n) is 4.05. The SMILES string of the molecule is CCc1nc(C)c2c(C)c(C(=O)NC[C@H]3CCCO3)sc2n1. The third kappa shape index (κ3) is 2.85. The molecule has 0 aromatic carbocycles. The average Bonchev–Trinajstić information content (AvgIpc) is 3.12. The maximum atomic E-state index is 12.5. The maximum Gasteiger partial charge on any atom is 0.261 e. The van der Waals surface area contributed by atoms with Gasteiger partial charge in [-0.2, -0.15) is 0 Å². The quantitative estimate of drug-likeness (QED) is 0.941. The van der Waals surface area contributed by atoms with Crippen molar-refractivity contribution in [2.45, 2.75) is 46.1 Å². The van der Waals surface area contributed by atoms with Gasteiger partial charge in [-0.1, -0.05) is 6.92 Å². The number of nitrogens with one attached hydrogen (secondary N) is 1. The van der Waals surface area contributed by atoms with Crippen molar-refractivity contribution >= 4 is 27.5 Å². The second-order valence-corrected chi connectivity index (χ2v) is 6.66. The molecule has 0 saturated carbocycles. The van der Waals surface area contributed by atoms with Crippen LogP contribution in [0.2, 0.25) is 0 Å². The normalized spacial score (nSPS) is 18.0. The van der Waals surface area contributed by atoms with Crippen molar-refractivity contribution in [3.8, 4) is 0 Å². The molecule has 0 spiro atoms. The molecular formula is C16H21N3O2S. The lowest BCUT2D eigenvalue weighted by Crippen LogP contribution is -2.31. The van der Waals surface area contributed by atoms with Crippen LogP contribution in [0, 0.1) is 13.8 Å². The van der Waals surface area contributed by atoms with Gasteiger partial charge in [0.05, 0.1) is 11.0 Å². The molecule has 3 rings (SSSR count). The van der Waals surface area contributed by atoms with E-state index in [1.54, 1.807) is 0 Å². The molecule has 2 aromatic heterocycles. The topological polar surface area (TPSA) is 64.1 Å². The fourth-order valence-electron chi connectivity index (χ4n) is 2.86. The van der Waals surface area contributed by atoms with E-state index in [1.165, 1.54) is 11.3 Å². The van der Waals surface area contributed by atoms with E-state index in [-0.39, 0.29) is 12.0 Å². The van der Waals surface area contributed by atoms with Crippen molar-refractivity contribution in [1.82, 2.24) is 15.3 Å². The monoisotopic (exact) mass is 319 g/mol. The fourth-order valence-corrected chi connectivity index (χ4v) is 4.03. The molecule has 1 aliphatic heterocycles. The van der Waals surface area contributed by atoms with Crippen LogP contribution >= 0.6 is 11.3 Å². The van der Waals surface area contributed by atoms with E-state index in [9.17, 15) is 4.79 Å². The highest BCUT2D eigenvalue weighted by atomic mass is 32.1. The van der Waals surface area contributed by atoms with Crippen LogP contribution in [0.15, 0.2) is 0 Å². The zero-order valence-corrected chi connectivity index (χ0v) is 14.0. The number of aromatic nitrogens is 2.